The maximum absolute atomic E-state index is 12.6. The van der Waals surface area contributed by atoms with Gasteiger partial charge in [-0.3, -0.25) is 20.4 Å². The molecule has 3 rings (SSSR count). The number of nitrogens with zero attached hydrogens (tertiary/aromatic N) is 2. The SMILES string of the molecule is N=c1nc(NCCSc2ncccc2C(=O)c2ccccc2)[nH][nH]1. The van der Waals surface area contributed by atoms with E-state index in [2.05, 4.69) is 25.5 Å². The Morgan fingerprint density at radius 3 is 2.75 bits per heavy atom. The number of anilines is 1. The van der Waals surface area contributed by atoms with Crippen LogP contribution in [0.3, 0.4) is 0 Å². The Kier molecular flexibility index (Phi) is 5.07. The zero-order valence-electron chi connectivity index (χ0n) is 12.7. The number of hydrogen-bond donors (Lipinski definition) is 4. The molecule has 0 aliphatic rings. The highest BCUT2D eigenvalue weighted by atomic mass is 32.2. The van der Waals surface area contributed by atoms with Gasteiger partial charge in [0.1, 0.15) is 5.03 Å². The Hall–Kier alpha value is -2.87. The number of benzene rings is 1. The fourth-order valence-electron chi connectivity index (χ4n) is 2.11. The van der Waals surface area contributed by atoms with Gasteiger partial charge < -0.3 is 5.32 Å². The van der Waals surface area contributed by atoms with Gasteiger partial charge in [-0.2, -0.15) is 4.98 Å². The topological polar surface area (TPSA) is 110 Å². The first-order valence-corrected chi connectivity index (χ1v) is 8.33. The van der Waals surface area contributed by atoms with E-state index in [0.717, 1.165) is 0 Å². The fourth-order valence-corrected chi connectivity index (χ4v) is 2.96. The van der Waals surface area contributed by atoms with E-state index in [4.69, 9.17) is 5.41 Å². The predicted molar refractivity (Wildman–Crippen MR) is 92.1 cm³/mol. The molecule has 0 bridgehead atoms. The quantitative estimate of drug-likeness (QED) is 0.299. The van der Waals surface area contributed by atoms with E-state index in [9.17, 15) is 4.79 Å². The standard InChI is InChI=1S/C16H16N6OS/c17-15-20-16(22-21-15)19-9-10-24-14-12(7-4-8-18-14)13(23)11-5-2-1-3-6-11/h1-8H,9-10H2,(H4,17,19,20,21,22). The van der Waals surface area contributed by atoms with E-state index in [1.807, 2.05) is 18.2 Å². The summed E-state index contributed by atoms with van der Waals surface area (Å²) in [4.78, 5) is 20.8. The molecular weight excluding hydrogens is 324 g/mol. The van der Waals surface area contributed by atoms with Crippen molar-refractivity contribution < 1.29 is 4.79 Å². The van der Waals surface area contributed by atoms with Crippen LogP contribution in [0.25, 0.3) is 0 Å². The number of pyridine rings is 1. The Morgan fingerprint density at radius 1 is 1.17 bits per heavy atom. The molecule has 0 saturated heterocycles. The third-order valence-corrected chi connectivity index (χ3v) is 4.21. The number of nitrogens with one attached hydrogen (secondary N) is 4. The maximum atomic E-state index is 12.6. The molecular formula is C16H16N6OS. The van der Waals surface area contributed by atoms with E-state index < -0.39 is 0 Å². The highest BCUT2D eigenvalue weighted by Crippen LogP contribution is 2.22. The maximum Gasteiger partial charge on any atom is 0.237 e. The van der Waals surface area contributed by atoms with Crippen molar-refractivity contribution in [3.8, 4) is 0 Å². The molecule has 0 fully saturated rings. The lowest BCUT2D eigenvalue weighted by molar-refractivity contribution is 0.103. The molecule has 2 heterocycles. The molecule has 0 aliphatic heterocycles. The van der Waals surface area contributed by atoms with Crippen molar-refractivity contribution in [3.05, 3.63) is 65.4 Å². The van der Waals surface area contributed by atoms with Gasteiger partial charge in [-0.1, -0.05) is 30.3 Å². The molecule has 24 heavy (non-hydrogen) atoms. The lowest BCUT2D eigenvalue weighted by Gasteiger charge is -2.07. The summed E-state index contributed by atoms with van der Waals surface area (Å²) in [5.74, 6) is 1.20. The van der Waals surface area contributed by atoms with Crippen LogP contribution in [0.1, 0.15) is 15.9 Å². The van der Waals surface area contributed by atoms with Gasteiger partial charge in [0.15, 0.2) is 5.78 Å². The Labute approximate surface area is 142 Å². The molecule has 3 aromatic rings. The highest BCUT2D eigenvalue weighted by Gasteiger charge is 2.14. The molecule has 0 saturated carbocycles. The number of aromatic nitrogens is 4. The van der Waals surface area contributed by atoms with Crippen LogP contribution in [0.5, 0.6) is 0 Å². The van der Waals surface area contributed by atoms with E-state index in [1.54, 1.807) is 30.5 Å². The number of thioether (sulfide) groups is 1. The third-order valence-electron chi connectivity index (χ3n) is 3.21. The number of carbonyl (C=O) groups excluding carboxylic acids is 1. The average molecular weight is 340 g/mol. The minimum Gasteiger partial charge on any atom is -0.354 e. The van der Waals surface area contributed by atoms with Gasteiger partial charge in [0.2, 0.25) is 11.6 Å². The molecule has 0 unspecified atom stereocenters. The molecule has 0 amide bonds. The molecule has 122 valence electrons. The van der Waals surface area contributed by atoms with Crippen molar-refractivity contribution in [2.24, 2.45) is 0 Å². The van der Waals surface area contributed by atoms with Crippen molar-refractivity contribution in [3.63, 3.8) is 0 Å². The first-order valence-electron chi connectivity index (χ1n) is 7.35. The molecule has 0 spiro atoms. The fraction of sp³-hybridized carbons (Fsp3) is 0.125. The number of aromatic amines is 2. The minimum absolute atomic E-state index is 0.0290. The summed E-state index contributed by atoms with van der Waals surface area (Å²) in [5, 5.41) is 16.4. The summed E-state index contributed by atoms with van der Waals surface area (Å²) in [6, 6.07) is 12.8. The lowest BCUT2D eigenvalue weighted by Crippen LogP contribution is -2.08. The van der Waals surface area contributed by atoms with Crippen LogP contribution in [0.15, 0.2) is 53.7 Å². The van der Waals surface area contributed by atoms with E-state index in [1.165, 1.54) is 11.8 Å². The normalized spacial score (nSPS) is 10.5. The zero-order chi connectivity index (χ0) is 16.8. The monoisotopic (exact) mass is 340 g/mol. The summed E-state index contributed by atoms with van der Waals surface area (Å²) in [7, 11) is 0. The second-order valence-electron chi connectivity index (χ2n) is 4.89. The summed E-state index contributed by atoms with van der Waals surface area (Å²) in [6.07, 6.45) is 1.69. The first-order chi connectivity index (χ1) is 11.7. The Morgan fingerprint density at radius 2 is 2.00 bits per heavy atom. The van der Waals surface area contributed by atoms with Crippen LogP contribution < -0.4 is 10.9 Å². The number of hydrogen-bond acceptors (Lipinski definition) is 6. The van der Waals surface area contributed by atoms with Gasteiger partial charge in [0, 0.05) is 24.1 Å². The molecule has 2 aromatic heterocycles. The smallest absolute Gasteiger partial charge is 0.237 e. The summed E-state index contributed by atoms with van der Waals surface area (Å²) in [6.45, 7) is 0.626. The molecule has 1 aromatic carbocycles. The number of ketones is 1. The lowest BCUT2D eigenvalue weighted by atomic mass is 10.1. The third kappa shape index (κ3) is 3.90. The first kappa shape index (κ1) is 16.0. The van der Waals surface area contributed by atoms with Gasteiger partial charge in [-0.05, 0) is 12.1 Å². The van der Waals surface area contributed by atoms with E-state index >= 15 is 0 Å². The van der Waals surface area contributed by atoms with Crippen molar-refractivity contribution in [1.82, 2.24) is 20.2 Å². The average Bonchev–Trinajstić information content (AvgIpc) is 3.04. The molecule has 4 N–H and O–H groups in total. The van der Waals surface area contributed by atoms with Crippen LogP contribution in [-0.4, -0.2) is 38.2 Å². The molecule has 8 heteroatoms. The molecule has 7 nitrogen and oxygen atoms in total. The van der Waals surface area contributed by atoms with Crippen molar-refractivity contribution >= 4 is 23.5 Å². The predicted octanol–water partition coefficient (Wildman–Crippen LogP) is 2.05. The largest absolute Gasteiger partial charge is 0.354 e. The summed E-state index contributed by atoms with van der Waals surface area (Å²) < 4.78 is 0. The number of H-pyrrole nitrogens is 2. The van der Waals surface area contributed by atoms with Crippen LogP contribution in [0.4, 0.5) is 5.95 Å². The van der Waals surface area contributed by atoms with Crippen molar-refractivity contribution in [2.75, 3.05) is 17.6 Å². The van der Waals surface area contributed by atoms with Gasteiger partial charge in [-0.15, -0.1) is 11.8 Å². The molecule has 0 radical (unpaired) electrons. The van der Waals surface area contributed by atoms with Crippen LogP contribution in [0.2, 0.25) is 0 Å². The van der Waals surface area contributed by atoms with Crippen LogP contribution in [0, 0.1) is 5.41 Å². The molecule has 0 atom stereocenters. The van der Waals surface area contributed by atoms with Crippen molar-refractivity contribution in [2.45, 2.75) is 5.03 Å². The van der Waals surface area contributed by atoms with Crippen molar-refractivity contribution in [1.29, 1.82) is 5.41 Å². The van der Waals surface area contributed by atoms with Gasteiger partial charge in [0.25, 0.3) is 0 Å². The second-order valence-corrected chi connectivity index (χ2v) is 5.97. The Balaban J connectivity index is 1.64. The van der Waals surface area contributed by atoms with Gasteiger partial charge in [-0.25, -0.2) is 4.98 Å². The summed E-state index contributed by atoms with van der Waals surface area (Å²) in [5.41, 5.74) is 1.33. The van der Waals surface area contributed by atoms with E-state index in [0.29, 0.717) is 34.4 Å². The van der Waals surface area contributed by atoms with Crippen LogP contribution in [-0.2, 0) is 0 Å². The Bertz CT molecular complexity index is 873. The number of rotatable bonds is 7. The van der Waals surface area contributed by atoms with Gasteiger partial charge in [0.05, 0.1) is 5.56 Å². The minimum atomic E-state index is -0.0290. The second kappa shape index (κ2) is 7.60. The van der Waals surface area contributed by atoms with Gasteiger partial charge >= 0.3 is 0 Å². The zero-order valence-corrected chi connectivity index (χ0v) is 13.6. The number of carbonyl (C=O) groups is 1. The van der Waals surface area contributed by atoms with Crippen LogP contribution >= 0.6 is 11.8 Å². The highest BCUT2D eigenvalue weighted by molar-refractivity contribution is 7.99. The molecule has 0 aliphatic carbocycles. The van der Waals surface area contributed by atoms with E-state index in [-0.39, 0.29) is 11.4 Å². The summed E-state index contributed by atoms with van der Waals surface area (Å²) >= 11 is 1.50.